The van der Waals surface area contributed by atoms with Crippen molar-refractivity contribution in [1.82, 2.24) is 15.1 Å². The maximum absolute atomic E-state index is 12.0. The molecular formula is C14H18N4O4. The minimum absolute atomic E-state index is 0.0876. The molecule has 22 heavy (non-hydrogen) atoms. The fourth-order valence-corrected chi connectivity index (χ4v) is 2.47. The molecule has 0 aromatic rings. The average molecular weight is 306 g/mol. The number of carbonyl (C=O) groups excluding carboxylic acids is 4. The lowest BCUT2D eigenvalue weighted by Crippen LogP contribution is -2.51. The van der Waals surface area contributed by atoms with E-state index in [4.69, 9.17) is 0 Å². The second-order valence-corrected chi connectivity index (χ2v) is 5.77. The Labute approximate surface area is 128 Å². The van der Waals surface area contributed by atoms with Gasteiger partial charge in [0.05, 0.1) is 6.07 Å². The topological polar surface area (TPSA) is 111 Å². The molecule has 118 valence electrons. The van der Waals surface area contributed by atoms with E-state index in [-0.39, 0.29) is 12.5 Å². The van der Waals surface area contributed by atoms with Crippen molar-refractivity contribution in [2.24, 2.45) is 5.92 Å². The number of carbonyl (C=O) groups is 4. The molecule has 1 saturated carbocycles. The quantitative estimate of drug-likeness (QED) is 0.548. The van der Waals surface area contributed by atoms with Gasteiger partial charge in [0.2, 0.25) is 5.91 Å². The second kappa shape index (κ2) is 5.75. The van der Waals surface area contributed by atoms with E-state index in [1.54, 1.807) is 13.8 Å². The number of hydrogen-bond donors (Lipinski definition) is 1. The van der Waals surface area contributed by atoms with E-state index in [0.717, 1.165) is 17.7 Å². The molecular weight excluding hydrogens is 288 g/mol. The van der Waals surface area contributed by atoms with Crippen LogP contribution >= 0.6 is 0 Å². The second-order valence-electron chi connectivity index (χ2n) is 5.77. The normalized spacial score (nSPS) is 20.9. The van der Waals surface area contributed by atoms with Crippen molar-refractivity contribution in [3.63, 3.8) is 0 Å². The van der Waals surface area contributed by atoms with Crippen LogP contribution in [0, 0.1) is 17.2 Å². The van der Waals surface area contributed by atoms with E-state index < -0.39 is 35.8 Å². The number of urea groups is 1. The van der Waals surface area contributed by atoms with Gasteiger partial charge in [0.1, 0.15) is 12.1 Å². The first-order valence-electron chi connectivity index (χ1n) is 7.23. The Kier molecular flexibility index (Phi) is 4.17. The molecule has 0 spiro atoms. The van der Waals surface area contributed by atoms with Gasteiger partial charge in [-0.25, -0.2) is 9.69 Å². The molecule has 0 unspecified atom stereocenters. The first kappa shape index (κ1) is 15.9. The van der Waals surface area contributed by atoms with Crippen LogP contribution in [0.1, 0.15) is 33.1 Å². The molecule has 8 heteroatoms. The minimum Gasteiger partial charge on any atom is -0.336 e. The van der Waals surface area contributed by atoms with Crippen LogP contribution in [0.4, 0.5) is 4.79 Å². The largest absolute Gasteiger partial charge is 0.336 e. The van der Waals surface area contributed by atoms with Crippen LogP contribution in [-0.2, 0) is 14.4 Å². The Morgan fingerprint density at radius 3 is 2.41 bits per heavy atom. The van der Waals surface area contributed by atoms with Gasteiger partial charge in [0.15, 0.2) is 0 Å². The van der Waals surface area contributed by atoms with E-state index in [2.05, 4.69) is 11.4 Å². The molecule has 2 rings (SSSR count). The van der Waals surface area contributed by atoms with Crippen LogP contribution in [0.25, 0.3) is 0 Å². The molecule has 2 fully saturated rings. The maximum atomic E-state index is 12.0. The van der Waals surface area contributed by atoms with Gasteiger partial charge in [0.25, 0.3) is 0 Å². The molecule has 1 saturated heterocycles. The van der Waals surface area contributed by atoms with Gasteiger partial charge < -0.3 is 5.32 Å². The van der Waals surface area contributed by atoms with E-state index in [1.165, 1.54) is 0 Å². The summed E-state index contributed by atoms with van der Waals surface area (Å²) in [4.78, 5) is 49.0. The highest BCUT2D eigenvalue weighted by molar-refractivity contribution is 6.45. The average Bonchev–Trinajstić information content (AvgIpc) is 3.30. The predicted molar refractivity (Wildman–Crippen MR) is 74.0 cm³/mol. The number of imide groups is 2. The molecule has 0 aromatic heterocycles. The summed E-state index contributed by atoms with van der Waals surface area (Å²) in [5, 5.41) is 11.7. The summed E-state index contributed by atoms with van der Waals surface area (Å²) < 4.78 is 0. The number of nitrogens with zero attached hydrogens (tertiary/aromatic N) is 3. The molecule has 5 amide bonds. The summed E-state index contributed by atoms with van der Waals surface area (Å²) >= 11 is 0. The van der Waals surface area contributed by atoms with Gasteiger partial charge >= 0.3 is 17.8 Å². The molecule has 1 heterocycles. The van der Waals surface area contributed by atoms with Crippen LogP contribution in [-0.4, -0.2) is 52.2 Å². The molecule has 8 nitrogen and oxygen atoms in total. The van der Waals surface area contributed by atoms with E-state index in [0.29, 0.717) is 11.3 Å². The Bertz CT molecular complexity index is 578. The molecule has 0 radical (unpaired) electrons. The SMILES string of the molecule is CCCN1C(=O)C(=O)N(CC(=O)N[C@](C)(C#N)C2CC2)C1=O. The number of amides is 5. The standard InChI is InChI=1S/C14H18N4O4/c1-3-6-17-11(20)12(21)18(13(17)22)7-10(19)16-14(2,8-15)9-4-5-9/h9H,3-7H2,1-2H3,(H,16,19)/t14-/m1/s1. The maximum Gasteiger partial charge on any atom is 0.334 e. The molecule has 0 aromatic carbocycles. The van der Waals surface area contributed by atoms with Crippen molar-refractivity contribution in [3.05, 3.63) is 0 Å². The van der Waals surface area contributed by atoms with Crippen molar-refractivity contribution < 1.29 is 19.2 Å². The van der Waals surface area contributed by atoms with Gasteiger partial charge in [-0.3, -0.25) is 19.3 Å². The van der Waals surface area contributed by atoms with Gasteiger partial charge in [0, 0.05) is 6.54 Å². The summed E-state index contributed by atoms with van der Waals surface area (Å²) in [5.41, 5.74) is -1.00. The predicted octanol–water partition coefficient (Wildman–Crippen LogP) is -0.00432. The summed E-state index contributed by atoms with van der Waals surface area (Å²) in [6, 6.07) is 1.28. The van der Waals surface area contributed by atoms with Gasteiger partial charge in [-0.05, 0) is 32.1 Å². The lowest BCUT2D eigenvalue weighted by atomic mass is 9.98. The fraction of sp³-hybridized carbons (Fsp3) is 0.643. The van der Waals surface area contributed by atoms with Gasteiger partial charge in [-0.15, -0.1) is 0 Å². The smallest absolute Gasteiger partial charge is 0.334 e. The first-order valence-corrected chi connectivity index (χ1v) is 7.23. The highest BCUT2D eigenvalue weighted by Crippen LogP contribution is 2.39. The lowest BCUT2D eigenvalue weighted by molar-refractivity contribution is -0.144. The van der Waals surface area contributed by atoms with E-state index >= 15 is 0 Å². The van der Waals surface area contributed by atoms with Crippen molar-refractivity contribution >= 4 is 23.8 Å². The van der Waals surface area contributed by atoms with Crippen molar-refractivity contribution in [2.75, 3.05) is 13.1 Å². The molecule has 1 aliphatic carbocycles. The third-order valence-electron chi connectivity index (χ3n) is 3.91. The highest BCUT2D eigenvalue weighted by atomic mass is 16.2. The summed E-state index contributed by atoms with van der Waals surface area (Å²) in [7, 11) is 0. The van der Waals surface area contributed by atoms with E-state index in [1.807, 2.05) is 0 Å². The van der Waals surface area contributed by atoms with Crippen LogP contribution in [0.3, 0.4) is 0 Å². The fourth-order valence-electron chi connectivity index (χ4n) is 2.47. The molecule has 1 atom stereocenters. The van der Waals surface area contributed by atoms with Gasteiger partial charge in [-0.1, -0.05) is 6.92 Å². The highest BCUT2D eigenvalue weighted by Gasteiger charge is 2.47. The summed E-state index contributed by atoms with van der Waals surface area (Å²) in [6.45, 7) is 2.98. The zero-order chi connectivity index (χ0) is 16.5. The van der Waals surface area contributed by atoms with Crippen LogP contribution in [0.15, 0.2) is 0 Å². The Morgan fingerprint density at radius 2 is 1.91 bits per heavy atom. The van der Waals surface area contributed by atoms with Crippen LogP contribution < -0.4 is 5.32 Å². The molecule has 2 aliphatic rings. The minimum atomic E-state index is -1.00. The molecule has 0 bridgehead atoms. The third kappa shape index (κ3) is 2.79. The summed E-state index contributed by atoms with van der Waals surface area (Å²) in [6.07, 6.45) is 2.24. The summed E-state index contributed by atoms with van der Waals surface area (Å²) in [5.74, 6) is -2.45. The lowest BCUT2D eigenvalue weighted by Gasteiger charge is -2.24. The zero-order valence-corrected chi connectivity index (χ0v) is 12.6. The van der Waals surface area contributed by atoms with Crippen LogP contribution in [0.2, 0.25) is 0 Å². The van der Waals surface area contributed by atoms with Crippen molar-refractivity contribution in [3.8, 4) is 6.07 Å². The number of nitrogens with one attached hydrogen (secondary N) is 1. The van der Waals surface area contributed by atoms with Gasteiger partial charge in [-0.2, -0.15) is 5.26 Å². The van der Waals surface area contributed by atoms with Crippen molar-refractivity contribution in [1.29, 1.82) is 5.26 Å². The Hall–Kier alpha value is -2.43. The number of hydrogen-bond acceptors (Lipinski definition) is 5. The zero-order valence-electron chi connectivity index (χ0n) is 12.6. The van der Waals surface area contributed by atoms with E-state index in [9.17, 15) is 24.4 Å². The monoisotopic (exact) mass is 306 g/mol. The Morgan fingerprint density at radius 1 is 1.32 bits per heavy atom. The molecule has 1 aliphatic heterocycles. The Balaban J connectivity index is 2.02. The number of rotatable bonds is 6. The third-order valence-corrected chi connectivity index (χ3v) is 3.91. The van der Waals surface area contributed by atoms with Crippen LogP contribution in [0.5, 0.6) is 0 Å². The number of nitriles is 1. The molecule has 1 N–H and O–H groups in total. The van der Waals surface area contributed by atoms with Crippen molar-refractivity contribution in [2.45, 2.75) is 38.6 Å². The first-order chi connectivity index (χ1) is 10.3.